The second-order valence-electron chi connectivity index (χ2n) is 5.60. The first-order valence-corrected chi connectivity index (χ1v) is 7.31. The predicted molar refractivity (Wildman–Crippen MR) is 81.2 cm³/mol. The van der Waals surface area contributed by atoms with Crippen LogP contribution in [0.2, 0.25) is 0 Å². The highest BCUT2D eigenvalue weighted by Gasteiger charge is 2.18. The number of likely N-dealkylation sites (tertiary alicyclic amines) is 1. The summed E-state index contributed by atoms with van der Waals surface area (Å²) in [5.74, 6) is 0. The van der Waals surface area contributed by atoms with Crippen molar-refractivity contribution in [3.8, 4) is 0 Å². The number of nitro benzene ring substituents is 1. The third-order valence-electron chi connectivity index (χ3n) is 3.95. The van der Waals surface area contributed by atoms with E-state index in [4.69, 9.17) is 0 Å². The van der Waals surface area contributed by atoms with E-state index in [9.17, 15) is 10.1 Å². The highest BCUT2D eigenvalue weighted by atomic mass is 16.6. The van der Waals surface area contributed by atoms with Gasteiger partial charge < -0.3 is 5.32 Å². The normalized spacial score (nSPS) is 17.7. The van der Waals surface area contributed by atoms with E-state index in [0.29, 0.717) is 11.7 Å². The van der Waals surface area contributed by atoms with E-state index in [1.165, 1.54) is 19.3 Å². The highest BCUT2D eigenvalue weighted by Crippen LogP contribution is 2.25. The van der Waals surface area contributed by atoms with Gasteiger partial charge >= 0.3 is 0 Å². The minimum Gasteiger partial charge on any atom is -0.378 e. The third kappa shape index (κ3) is 3.70. The average Bonchev–Trinajstić information content (AvgIpc) is 2.45. The van der Waals surface area contributed by atoms with Gasteiger partial charge in [0.1, 0.15) is 5.69 Å². The Bertz CT molecular complexity index is 470. The van der Waals surface area contributed by atoms with Gasteiger partial charge in [-0.25, -0.2) is 0 Å². The zero-order valence-electron chi connectivity index (χ0n) is 12.3. The number of benzene rings is 1. The number of aryl methyl sites for hydroxylation is 1. The molecule has 1 aromatic rings. The lowest BCUT2D eigenvalue weighted by Crippen LogP contribution is -2.41. The van der Waals surface area contributed by atoms with Crippen LogP contribution in [-0.2, 0) is 0 Å². The van der Waals surface area contributed by atoms with Crippen molar-refractivity contribution in [3.63, 3.8) is 0 Å². The Hall–Kier alpha value is -1.62. The van der Waals surface area contributed by atoms with Gasteiger partial charge in [0.15, 0.2) is 0 Å². The second kappa shape index (κ2) is 6.70. The van der Waals surface area contributed by atoms with E-state index in [2.05, 4.69) is 17.1 Å². The number of anilines is 1. The van der Waals surface area contributed by atoms with E-state index in [1.54, 1.807) is 12.1 Å². The molecule has 1 unspecified atom stereocenters. The van der Waals surface area contributed by atoms with Crippen LogP contribution in [0.5, 0.6) is 0 Å². The van der Waals surface area contributed by atoms with Crippen LogP contribution in [-0.4, -0.2) is 35.5 Å². The Morgan fingerprint density at radius 3 is 2.70 bits per heavy atom. The van der Waals surface area contributed by atoms with Crippen molar-refractivity contribution in [2.45, 2.75) is 39.2 Å². The third-order valence-corrected chi connectivity index (χ3v) is 3.95. The van der Waals surface area contributed by atoms with E-state index in [-0.39, 0.29) is 10.6 Å². The fraction of sp³-hybridized carbons (Fsp3) is 0.600. The summed E-state index contributed by atoms with van der Waals surface area (Å²) in [6.45, 7) is 7.14. The number of rotatable bonds is 5. The van der Waals surface area contributed by atoms with Crippen molar-refractivity contribution in [1.29, 1.82) is 0 Å². The molecule has 5 nitrogen and oxygen atoms in total. The molecule has 0 bridgehead atoms. The summed E-state index contributed by atoms with van der Waals surface area (Å²) in [5.41, 5.74) is 1.81. The molecular weight excluding hydrogens is 254 g/mol. The highest BCUT2D eigenvalue weighted by molar-refractivity contribution is 5.62. The van der Waals surface area contributed by atoms with Gasteiger partial charge in [0.2, 0.25) is 0 Å². The lowest BCUT2D eigenvalue weighted by atomic mass is 10.1. The van der Waals surface area contributed by atoms with Gasteiger partial charge in [-0.05, 0) is 51.4 Å². The first-order chi connectivity index (χ1) is 9.58. The Morgan fingerprint density at radius 1 is 1.35 bits per heavy atom. The molecular formula is C15H23N3O2. The molecule has 0 saturated carbocycles. The molecule has 0 spiro atoms. The molecule has 0 radical (unpaired) electrons. The fourth-order valence-corrected chi connectivity index (χ4v) is 2.70. The van der Waals surface area contributed by atoms with Crippen molar-refractivity contribution in [2.24, 2.45) is 0 Å². The summed E-state index contributed by atoms with van der Waals surface area (Å²) in [7, 11) is 0. The monoisotopic (exact) mass is 277 g/mol. The quantitative estimate of drug-likeness (QED) is 0.663. The van der Waals surface area contributed by atoms with Crippen LogP contribution in [0.4, 0.5) is 11.4 Å². The Balaban J connectivity index is 1.99. The van der Waals surface area contributed by atoms with Crippen molar-refractivity contribution >= 4 is 11.4 Å². The maximum absolute atomic E-state index is 11.0. The van der Waals surface area contributed by atoms with Gasteiger partial charge in [-0.2, -0.15) is 0 Å². The van der Waals surface area contributed by atoms with Gasteiger partial charge in [0, 0.05) is 18.7 Å². The maximum Gasteiger partial charge on any atom is 0.292 e. The SMILES string of the molecule is Cc1ccc([N+](=O)[O-])c(NCC(C)N2CCCCC2)c1. The summed E-state index contributed by atoms with van der Waals surface area (Å²) in [6, 6.07) is 5.59. The molecule has 1 fully saturated rings. The molecule has 110 valence electrons. The van der Waals surface area contributed by atoms with Gasteiger partial charge in [-0.15, -0.1) is 0 Å². The van der Waals surface area contributed by atoms with Gasteiger partial charge in [0.05, 0.1) is 4.92 Å². The Labute approximate surface area is 120 Å². The van der Waals surface area contributed by atoms with Crippen molar-refractivity contribution < 1.29 is 4.92 Å². The van der Waals surface area contributed by atoms with Crippen molar-refractivity contribution in [1.82, 2.24) is 4.90 Å². The van der Waals surface area contributed by atoms with E-state index >= 15 is 0 Å². The molecule has 1 N–H and O–H groups in total. The summed E-state index contributed by atoms with van der Waals surface area (Å²) in [5, 5.41) is 14.3. The summed E-state index contributed by atoms with van der Waals surface area (Å²) in [6.07, 6.45) is 3.84. The first-order valence-electron chi connectivity index (χ1n) is 7.31. The van der Waals surface area contributed by atoms with Crippen molar-refractivity contribution in [2.75, 3.05) is 25.0 Å². The molecule has 1 heterocycles. The van der Waals surface area contributed by atoms with Crippen LogP contribution < -0.4 is 5.32 Å². The molecule has 0 amide bonds. The number of hydrogen-bond donors (Lipinski definition) is 1. The predicted octanol–water partition coefficient (Wildman–Crippen LogP) is 3.19. The Morgan fingerprint density at radius 2 is 2.05 bits per heavy atom. The Kier molecular flexibility index (Phi) is 4.95. The molecule has 2 rings (SSSR count). The fourth-order valence-electron chi connectivity index (χ4n) is 2.70. The zero-order chi connectivity index (χ0) is 14.5. The molecule has 1 aromatic carbocycles. The molecule has 20 heavy (non-hydrogen) atoms. The summed E-state index contributed by atoms with van der Waals surface area (Å²) in [4.78, 5) is 13.2. The van der Waals surface area contributed by atoms with Crippen LogP contribution in [0.3, 0.4) is 0 Å². The largest absolute Gasteiger partial charge is 0.378 e. The minimum atomic E-state index is -0.326. The standard InChI is InChI=1S/C15H23N3O2/c1-12-6-7-15(18(19)20)14(10-12)16-11-13(2)17-8-4-3-5-9-17/h6-7,10,13,16H,3-5,8-9,11H2,1-2H3. The molecule has 5 heteroatoms. The average molecular weight is 277 g/mol. The minimum absolute atomic E-state index is 0.154. The number of hydrogen-bond acceptors (Lipinski definition) is 4. The maximum atomic E-state index is 11.0. The summed E-state index contributed by atoms with van der Waals surface area (Å²) < 4.78 is 0. The molecule has 0 aromatic heterocycles. The van der Waals surface area contributed by atoms with Gasteiger partial charge in [-0.3, -0.25) is 15.0 Å². The number of piperidine rings is 1. The number of nitrogens with zero attached hydrogens (tertiary/aromatic N) is 2. The lowest BCUT2D eigenvalue weighted by Gasteiger charge is -2.32. The molecule has 1 atom stereocenters. The number of nitro groups is 1. The van der Waals surface area contributed by atoms with Crippen LogP contribution in [0.15, 0.2) is 18.2 Å². The smallest absolute Gasteiger partial charge is 0.292 e. The lowest BCUT2D eigenvalue weighted by molar-refractivity contribution is -0.384. The topological polar surface area (TPSA) is 58.4 Å². The number of nitrogens with one attached hydrogen (secondary N) is 1. The molecule has 0 aliphatic carbocycles. The van der Waals surface area contributed by atoms with Crippen LogP contribution in [0.1, 0.15) is 31.7 Å². The molecule has 1 saturated heterocycles. The van der Waals surface area contributed by atoms with Crippen LogP contribution >= 0.6 is 0 Å². The first kappa shape index (κ1) is 14.8. The van der Waals surface area contributed by atoms with Crippen molar-refractivity contribution in [3.05, 3.63) is 33.9 Å². The van der Waals surface area contributed by atoms with Gasteiger partial charge in [0.25, 0.3) is 5.69 Å². The second-order valence-corrected chi connectivity index (χ2v) is 5.60. The molecule has 1 aliphatic rings. The van der Waals surface area contributed by atoms with Crippen LogP contribution in [0, 0.1) is 17.0 Å². The molecule has 1 aliphatic heterocycles. The van der Waals surface area contributed by atoms with Gasteiger partial charge in [-0.1, -0.05) is 12.5 Å². The summed E-state index contributed by atoms with van der Waals surface area (Å²) >= 11 is 0. The van der Waals surface area contributed by atoms with E-state index < -0.39 is 0 Å². The van der Waals surface area contributed by atoms with E-state index in [0.717, 1.165) is 25.2 Å². The van der Waals surface area contributed by atoms with Crippen LogP contribution in [0.25, 0.3) is 0 Å². The van der Waals surface area contributed by atoms with E-state index in [1.807, 2.05) is 13.0 Å². The zero-order valence-corrected chi connectivity index (χ0v) is 12.3.